The van der Waals surface area contributed by atoms with Gasteiger partial charge in [0.25, 0.3) is 0 Å². The van der Waals surface area contributed by atoms with Crippen molar-refractivity contribution >= 4 is 15.9 Å². The van der Waals surface area contributed by atoms with E-state index in [0.29, 0.717) is 6.61 Å². The van der Waals surface area contributed by atoms with Gasteiger partial charge in [0.1, 0.15) is 0 Å². The molecule has 0 radical (unpaired) electrons. The number of rotatable bonds is 8. The number of nitrogens with zero attached hydrogens (tertiary/aromatic N) is 1. The third kappa shape index (κ3) is 4.99. The Balaban J connectivity index is 2.00. The molecular formula is C10H20BrNO. The molecule has 78 valence electrons. The predicted molar refractivity (Wildman–Crippen MR) is 59.3 cm³/mol. The van der Waals surface area contributed by atoms with Gasteiger partial charge in [-0.25, -0.2) is 0 Å². The summed E-state index contributed by atoms with van der Waals surface area (Å²) in [6, 6.07) is 0.802. The molecule has 0 atom stereocenters. The summed E-state index contributed by atoms with van der Waals surface area (Å²) < 4.78 is 0. The first-order valence-corrected chi connectivity index (χ1v) is 6.41. The molecule has 13 heavy (non-hydrogen) atoms. The summed E-state index contributed by atoms with van der Waals surface area (Å²) in [5.74, 6) is 0. The van der Waals surface area contributed by atoms with Crippen LogP contribution in [-0.4, -0.2) is 41.1 Å². The molecule has 0 spiro atoms. The van der Waals surface area contributed by atoms with Crippen molar-refractivity contribution in [2.24, 2.45) is 0 Å². The second kappa shape index (κ2) is 6.80. The topological polar surface area (TPSA) is 23.5 Å². The smallest absolute Gasteiger partial charge is 0.0558 e. The van der Waals surface area contributed by atoms with Gasteiger partial charge in [-0.1, -0.05) is 22.4 Å². The summed E-state index contributed by atoms with van der Waals surface area (Å²) in [6.07, 6.45) is 6.55. The highest BCUT2D eigenvalue weighted by molar-refractivity contribution is 9.09. The zero-order chi connectivity index (χ0) is 9.52. The van der Waals surface area contributed by atoms with Gasteiger partial charge in [-0.2, -0.15) is 0 Å². The summed E-state index contributed by atoms with van der Waals surface area (Å²) in [4.78, 5) is 2.44. The molecule has 0 unspecified atom stereocenters. The molecule has 0 bridgehead atoms. The summed E-state index contributed by atoms with van der Waals surface area (Å²) in [6.45, 7) is 2.37. The van der Waals surface area contributed by atoms with Crippen molar-refractivity contribution in [1.29, 1.82) is 0 Å². The van der Waals surface area contributed by atoms with Crippen LogP contribution in [0.2, 0.25) is 0 Å². The molecule has 0 aliphatic heterocycles. The van der Waals surface area contributed by atoms with Crippen molar-refractivity contribution in [3.63, 3.8) is 0 Å². The number of aliphatic hydroxyl groups is 1. The molecule has 3 heteroatoms. The zero-order valence-electron chi connectivity index (χ0n) is 8.21. The third-order valence-electron chi connectivity index (χ3n) is 2.53. The van der Waals surface area contributed by atoms with Crippen molar-refractivity contribution < 1.29 is 5.11 Å². The van der Waals surface area contributed by atoms with Gasteiger partial charge in [-0.15, -0.1) is 0 Å². The Morgan fingerprint density at radius 1 is 1.15 bits per heavy atom. The van der Waals surface area contributed by atoms with Gasteiger partial charge in [-0.3, -0.25) is 4.90 Å². The number of aliphatic hydroxyl groups excluding tert-OH is 1. The average molecular weight is 250 g/mol. The van der Waals surface area contributed by atoms with Crippen LogP contribution in [0.15, 0.2) is 0 Å². The zero-order valence-corrected chi connectivity index (χ0v) is 9.80. The van der Waals surface area contributed by atoms with Crippen LogP contribution in [0.4, 0.5) is 0 Å². The van der Waals surface area contributed by atoms with Gasteiger partial charge in [0.2, 0.25) is 0 Å². The molecule has 0 aromatic heterocycles. The molecule has 1 fully saturated rings. The molecule has 2 nitrogen and oxygen atoms in total. The van der Waals surface area contributed by atoms with E-state index in [1.165, 1.54) is 38.6 Å². The SMILES string of the molecule is OCCN(CCCCCBr)C1CC1. The Labute approximate surface area is 89.4 Å². The lowest BCUT2D eigenvalue weighted by Gasteiger charge is -2.20. The maximum absolute atomic E-state index is 8.87. The summed E-state index contributed by atoms with van der Waals surface area (Å²) in [5, 5.41) is 9.99. The molecule has 1 N–H and O–H groups in total. The molecule has 0 aromatic rings. The Morgan fingerprint density at radius 3 is 2.46 bits per heavy atom. The van der Waals surface area contributed by atoms with Crippen LogP contribution in [-0.2, 0) is 0 Å². The van der Waals surface area contributed by atoms with Crippen molar-refractivity contribution in [2.75, 3.05) is 25.0 Å². The molecule has 0 aromatic carbocycles. The number of halogens is 1. The van der Waals surface area contributed by atoms with E-state index in [0.717, 1.165) is 17.9 Å². The minimum atomic E-state index is 0.314. The summed E-state index contributed by atoms with van der Waals surface area (Å²) in [5.41, 5.74) is 0. The molecule has 1 saturated carbocycles. The van der Waals surface area contributed by atoms with Gasteiger partial charge in [0, 0.05) is 17.9 Å². The van der Waals surface area contributed by atoms with E-state index in [1.807, 2.05) is 0 Å². The Bertz CT molecular complexity index is 128. The molecule has 0 saturated heterocycles. The van der Waals surface area contributed by atoms with Crippen LogP contribution in [0, 0.1) is 0 Å². The minimum absolute atomic E-state index is 0.314. The molecule has 1 aliphatic rings. The van der Waals surface area contributed by atoms with E-state index in [1.54, 1.807) is 0 Å². The van der Waals surface area contributed by atoms with E-state index in [-0.39, 0.29) is 0 Å². The van der Waals surface area contributed by atoms with Crippen LogP contribution in [0.25, 0.3) is 0 Å². The normalized spacial score (nSPS) is 16.8. The minimum Gasteiger partial charge on any atom is -0.395 e. The lowest BCUT2D eigenvalue weighted by atomic mass is 10.2. The second-order valence-corrected chi connectivity index (χ2v) is 4.53. The Kier molecular flexibility index (Phi) is 6.00. The third-order valence-corrected chi connectivity index (χ3v) is 3.09. The van der Waals surface area contributed by atoms with Gasteiger partial charge in [-0.05, 0) is 32.2 Å². The van der Waals surface area contributed by atoms with Crippen LogP contribution in [0.3, 0.4) is 0 Å². The molecule has 0 amide bonds. The standard InChI is InChI=1S/C10H20BrNO/c11-6-2-1-3-7-12(8-9-13)10-4-5-10/h10,13H,1-9H2. The van der Waals surface area contributed by atoms with E-state index in [9.17, 15) is 0 Å². The fourth-order valence-electron chi connectivity index (χ4n) is 1.63. The van der Waals surface area contributed by atoms with Crippen LogP contribution in [0.1, 0.15) is 32.1 Å². The fourth-order valence-corrected chi connectivity index (χ4v) is 2.03. The predicted octanol–water partition coefficient (Wildman–Crippen LogP) is 2.01. The highest BCUT2D eigenvalue weighted by atomic mass is 79.9. The number of hydrogen-bond acceptors (Lipinski definition) is 2. The van der Waals surface area contributed by atoms with Crippen LogP contribution >= 0.6 is 15.9 Å². The highest BCUT2D eigenvalue weighted by Gasteiger charge is 2.27. The lowest BCUT2D eigenvalue weighted by molar-refractivity contribution is 0.187. The first kappa shape index (κ1) is 11.5. The number of hydrogen-bond donors (Lipinski definition) is 1. The molecule has 1 aliphatic carbocycles. The maximum atomic E-state index is 8.87. The van der Waals surface area contributed by atoms with Gasteiger partial charge in [0.15, 0.2) is 0 Å². The van der Waals surface area contributed by atoms with Gasteiger partial charge < -0.3 is 5.11 Å². The number of alkyl halides is 1. The van der Waals surface area contributed by atoms with Gasteiger partial charge >= 0.3 is 0 Å². The Morgan fingerprint density at radius 2 is 1.92 bits per heavy atom. The van der Waals surface area contributed by atoms with Crippen molar-refractivity contribution in [3.05, 3.63) is 0 Å². The summed E-state index contributed by atoms with van der Waals surface area (Å²) in [7, 11) is 0. The fraction of sp³-hybridized carbons (Fsp3) is 1.00. The second-order valence-electron chi connectivity index (χ2n) is 3.74. The molecule has 1 rings (SSSR count). The molecule has 0 heterocycles. The van der Waals surface area contributed by atoms with E-state index < -0.39 is 0 Å². The first-order valence-electron chi connectivity index (χ1n) is 5.29. The van der Waals surface area contributed by atoms with Crippen molar-refractivity contribution in [1.82, 2.24) is 4.90 Å². The van der Waals surface area contributed by atoms with Crippen LogP contribution < -0.4 is 0 Å². The van der Waals surface area contributed by atoms with Crippen LogP contribution in [0.5, 0.6) is 0 Å². The van der Waals surface area contributed by atoms with Crippen molar-refractivity contribution in [3.8, 4) is 0 Å². The first-order chi connectivity index (χ1) is 6.38. The maximum Gasteiger partial charge on any atom is 0.0558 e. The quantitative estimate of drug-likeness (QED) is 0.526. The van der Waals surface area contributed by atoms with E-state index >= 15 is 0 Å². The number of unbranched alkanes of at least 4 members (excludes halogenated alkanes) is 2. The van der Waals surface area contributed by atoms with E-state index in [2.05, 4.69) is 20.8 Å². The average Bonchev–Trinajstić information content (AvgIpc) is 2.93. The highest BCUT2D eigenvalue weighted by Crippen LogP contribution is 2.26. The van der Waals surface area contributed by atoms with Crippen molar-refractivity contribution in [2.45, 2.75) is 38.1 Å². The lowest BCUT2D eigenvalue weighted by Crippen LogP contribution is -2.30. The summed E-state index contributed by atoms with van der Waals surface area (Å²) >= 11 is 3.44. The monoisotopic (exact) mass is 249 g/mol. The Hall–Kier alpha value is 0.400. The molecular weight excluding hydrogens is 230 g/mol. The van der Waals surface area contributed by atoms with E-state index in [4.69, 9.17) is 5.11 Å². The van der Waals surface area contributed by atoms with Gasteiger partial charge in [0.05, 0.1) is 6.61 Å². The largest absolute Gasteiger partial charge is 0.395 e.